The first kappa shape index (κ1) is 14.4. The summed E-state index contributed by atoms with van der Waals surface area (Å²) < 4.78 is 0. The molecule has 1 unspecified atom stereocenters. The zero-order chi connectivity index (χ0) is 13.2. The fourth-order valence-corrected chi connectivity index (χ4v) is 2.81. The van der Waals surface area contributed by atoms with E-state index in [-0.39, 0.29) is 10.6 Å². The van der Waals surface area contributed by atoms with E-state index < -0.39 is 0 Å². The van der Waals surface area contributed by atoms with E-state index in [9.17, 15) is 4.79 Å². The molecule has 0 N–H and O–H groups in total. The zero-order valence-electron chi connectivity index (χ0n) is 11.4. The first-order valence-electron chi connectivity index (χ1n) is 6.15. The minimum absolute atomic E-state index is 0.0499. The van der Waals surface area contributed by atoms with Crippen LogP contribution in [0.2, 0.25) is 0 Å². The Morgan fingerprint density at radius 2 is 1.65 bits per heavy atom. The van der Waals surface area contributed by atoms with Crippen molar-refractivity contribution in [1.29, 1.82) is 0 Å². The van der Waals surface area contributed by atoms with Crippen LogP contribution in [0.25, 0.3) is 0 Å². The maximum Gasteiger partial charge on any atom is 0.177 e. The Labute approximate surface area is 113 Å². The highest BCUT2D eigenvalue weighted by atomic mass is 79.9. The van der Waals surface area contributed by atoms with Crippen molar-refractivity contribution in [2.24, 2.45) is 0 Å². The third-order valence-corrected chi connectivity index (χ3v) is 4.31. The van der Waals surface area contributed by atoms with Gasteiger partial charge < -0.3 is 0 Å². The molecule has 1 rings (SSSR count). The summed E-state index contributed by atoms with van der Waals surface area (Å²) in [6, 6.07) is 2.16. The van der Waals surface area contributed by atoms with Crippen molar-refractivity contribution in [3.8, 4) is 0 Å². The Balaban J connectivity index is 3.26. The highest BCUT2D eigenvalue weighted by Gasteiger charge is 2.21. The van der Waals surface area contributed by atoms with E-state index in [1.54, 1.807) is 0 Å². The number of alkyl halides is 1. The smallest absolute Gasteiger partial charge is 0.177 e. The fourth-order valence-electron chi connectivity index (χ4n) is 2.13. The Morgan fingerprint density at radius 1 is 1.18 bits per heavy atom. The maximum atomic E-state index is 12.4. The van der Waals surface area contributed by atoms with Gasteiger partial charge in [-0.3, -0.25) is 4.79 Å². The summed E-state index contributed by atoms with van der Waals surface area (Å²) >= 11 is 3.51. The number of ketones is 1. The summed E-state index contributed by atoms with van der Waals surface area (Å²) in [5.41, 5.74) is 5.57. The lowest BCUT2D eigenvalue weighted by Crippen LogP contribution is -2.17. The molecule has 0 aromatic heterocycles. The average Bonchev–Trinajstić information content (AvgIpc) is 2.27. The number of aryl methyl sites for hydroxylation is 2. The van der Waals surface area contributed by atoms with E-state index in [2.05, 4.69) is 42.8 Å². The summed E-state index contributed by atoms with van der Waals surface area (Å²) in [4.78, 5) is 12.4. The molecule has 17 heavy (non-hydrogen) atoms. The lowest BCUT2D eigenvalue weighted by molar-refractivity contribution is 0.0987. The maximum absolute atomic E-state index is 12.4. The second kappa shape index (κ2) is 5.81. The number of hydrogen-bond acceptors (Lipinski definition) is 1. The second-order valence-corrected chi connectivity index (χ2v) is 5.86. The molecule has 1 atom stereocenters. The van der Waals surface area contributed by atoms with Gasteiger partial charge >= 0.3 is 0 Å². The van der Waals surface area contributed by atoms with Gasteiger partial charge in [-0.05, 0) is 56.4 Å². The van der Waals surface area contributed by atoms with Gasteiger partial charge in [0.05, 0.1) is 4.83 Å². The van der Waals surface area contributed by atoms with E-state index in [4.69, 9.17) is 0 Å². The van der Waals surface area contributed by atoms with Crippen LogP contribution >= 0.6 is 15.9 Å². The van der Waals surface area contributed by atoms with Gasteiger partial charge in [-0.2, -0.15) is 0 Å². The van der Waals surface area contributed by atoms with Crippen LogP contribution in [-0.2, 0) is 0 Å². The summed E-state index contributed by atoms with van der Waals surface area (Å²) in [6.07, 6.45) is 1.91. The molecule has 0 aliphatic carbocycles. The Kier molecular flexibility index (Phi) is 4.93. The molecule has 0 aliphatic rings. The molecule has 0 fully saturated rings. The molecule has 0 spiro atoms. The predicted octanol–water partition coefficient (Wildman–Crippen LogP) is 4.67. The molecule has 0 radical (unpaired) electrons. The van der Waals surface area contributed by atoms with Gasteiger partial charge in [-0.1, -0.05) is 35.3 Å². The first-order chi connectivity index (χ1) is 7.90. The van der Waals surface area contributed by atoms with E-state index in [1.807, 2.05) is 13.8 Å². The highest BCUT2D eigenvalue weighted by molar-refractivity contribution is 9.10. The lowest BCUT2D eigenvalue weighted by atomic mass is 9.90. The largest absolute Gasteiger partial charge is 0.293 e. The molecule has 0 bridgehead atoms. The van der Waals surface area contributed by atoms with Crippen LogP contribution in [0.1, 0.15) is 52.4 Å². The summed E-state index contributed by atoms with van der Waals surface area (Å²) in [5.74, 6) is 0.230. The topological polar surface area (TPSA) is 17.1 Å². The van der Waals surface area contributed by atoms with Crippen molar-refractivity contribution in [2.75, 3.05) is 0 Å². The first-order valence-corrected chi connectivity index (χ1v) is 7.07. The van der Waals surface area contributed by atoms with Crippen LogP contribution in [0.5, 0.6) is 0 Å². The molecule has 1 aromatic carbocycles. The number of benzene rings is 1. The molecule has 0 saturated heterocycles. The van der Waals surface area contributed by atoms with Gasteiger partial charge in [-0.15, -0.1) is 0 Å². The van der Waals surface area contributed by atoms with Crippen LogP contribution in [0.15, 0.2) is 6.07 Å². The van der Waals surface area contributed by atoms with Gasteiger partial charge in [0.1, 0.15) is 0 Å². The number of hydrogen-bond donors (Lipinski definition) is 0. The van der Waals surface area contributed by atoms with Gasteiger partial charge in [0, 0.05) is 5.56 Å². The van der Waals surface area contributed by atoms with E-state index in [0.717, 1.165) is 29.5 Å². The van der Waals surface area contributed by atoms with E-state index in [0.29, 0.717) is 0 Å². The third-order valence-electron chi connectivity index (χ3n) is 3.44. The fraction of sp³-hybridized carbons (Fsp3) is 0.533. The zero-order valence-corrected chi connectivity index (χ0v) is 12.9. The van der Waals surface area contributed by atoms with Crippen molar-refractivity contribution < 1.29 is 4.79 Å². The van der Waals surface area contributed by atoms with Crippen molar-refractivity contribution in [3.63, 3.8) is 0 Å². The predicted molar refractivity (Wildman–Crippen MR) is 77.3 cm³/mol. The van der Waals surface area contributed by atoms with Crippen LogP contribution in [-0.4, -0.2) is 10.6 Å². The Bertz CT molecular complexity index is 409. The SMILES string of the molecule is CCCC(Br)C(=O)c1c(C)c(C)cc(C)c1C. The number of Topliss-reactive ketones (excluding diaryl/α,β-unsaturated/α-hetero) is 1. The average molecular weight is 297 g/mol. The van der Waals surface area contributed by atoms with Gasteiger partial charge in [0.25, 0.3) is 0 Å². The molecule has 0 heterocycles. The van der Waals surface area contributed by atoms with Crippen LogP contribution < -0.4 is 0 Å². The van der Waals surface area contributed by atoms with Crippen molar-refractivity contribution in [2.45, 2.75) is 52.3 Å². The molecule has 94 valence electrons. The standard InChI is InChI=1S/C15H21BrO/c1-6-7-13(16)15(17)14-11(4)9(2)8-10(3)12(14)5/h8,13H,6-7H2,1-5H3. The van der Waals surface area contributed by atoms with E-state index in [1.165, 1.54) is 11.1 Å². The number of rotatable bonds is 4. The minimum Gasteiger partial charge on any atom is -0.293 e. The normalized spacial score (nSPS) is 12.6. The number of carbonyl (C=O) groups is 1. The highest BCUT2D eigenvalue weighted by Crippen LogP contribution is 2.25. The monoisotopic (exact) mass is 296 g/mol. The quantitative estimate of drug-likeness (QED) is 0.583. The molecular weight excluding hydrogens is 276 g/mol. The molecular formula is C15H21BrO. The molecule has 0 amide bonds. The van der Waals surface area contributed by atoms with Crippen molar-refractivity contribution >= 4 is 21.7 Å². The third kappa shape index (κ3) is 2.98. The second-order valence-electron chi connectivity index (χ2n) is 4.76. The van der Waals surface area contributed by atoms with Crippen molar-refractivity contribution in [3.05, 3.63) is 33.9 Å². The Hall–Kier alpha value is -0.630. The summed E-state index contributed by atoms with van der Waals surface area (Å²) in [6.45, 7) is 10.3. The molecule has 2 heteroatoms. The lowest BCUT2D eigenvalue weighted by Gasteiger charge is -2.16. The van der Waals surface area contributed by atoms with Crippen molar-refractivity contribution in [1.82, 2.24) is 0 Å². The minimum atomic E-state index is -0.0499. The Morgan fingerprint density at radius 3 is 2.06 bits per heavy atom. The number of halogens is 1. The van der Waals surface area contributed by atoms with Crippen LogP contribution in [0.4, 0.5) is 0 Å². The molecule has 0 aliphatic heterocycles. The number of carbonyl (C=O) groups excluding carboxylic acids is 1. The van der Waals surface area contributed by atoms with Gasteiger partial charge in [0.15, 0.2) is 5.78 Å². The van der Waals surface area contributed by atoms with E-state index >= 15 is 0 Å². The van der Waals surface area contributed by atoms with Gasteiger partial charge in [0.2, 0.25) is 0 Å². The molecule has 1 nitrogen and oxygen atoms in total. The molecule has 0 saturated carbocycles. The van der Waals surface area contributed by atoms with Crippen LogP contribution in [0, 0.1) is 27.7 Å². The molecule has 1 aromatic rings. The summed E-state index contributed by atoms with van der Waals surface area (Å²) in [5, 5.41) is 0. The van der Waals surface area contributed by atoms with Gasteiger partial charge in [-0.25, -0.2) is 0 Å². The van der Waals surface area contributed by atoms with Crippen LogP contribution in [0.3, 0.4) is 0 Å². The summed E-state index contributed by atoms with van der Waals surface area (Å²) in [7, 11) is 0.